The van der Waals surface area contributed by atoms with Crippen LogP contribution in [-0.2, 0) is 19.1 Å². The first kappa shape index (κ1) is 64.0. The molecule has 0 bridgehead atoms. The minimum absolute atomic E-state index is 0.0294. The summed E-state index contributed by atoms with van der Waals surface area (Å²) in [6.45, 7) is 24.8. The number of amides is 8. The molecule has 0 saturated carbocycles. The molecule has 0 unspecified atom stereocenters. The van der Waals surface area contributed by atoms with E-state index in [-0.39, 0.29) is 49.0 Å². The number of carbonyl (C=O) groups excluding carboxylic acids is 6. The number of anilines is 3. The SMILES string of the molecule is C=C1CCN(c2ccc(C#CCCN3CCN(C(=O)N4CCNCC4)CC3)cc2)C(=O)C1.C=C1NC(=O)CCN1c1ccc(C#CCCCCCCCN)cc1.Cc1cc(C#CCNC(=O)OC(C)(C)C)cc(F)c1N1CCC(=O)NC1=O. The number of unbranched alkanes of at least 4 members (excludes halogenated alkanes) is 5. The number of alkyl carbamates (subject to hydrolysis) is 1. The number of carbonyl (C=O) groups is 6. The monoisotopic (exact) mass is 1140 g/mol. The van der Waals surface area contributed by atoms with Crippen molar-refractivity contribution in [1.29, 1.82) is 0 Å². The first-order valence-corrected chi connectivity index (χ1v) is 28.8. The number of ether oxygens (including phenoxy) is 1. The van der Waals surface area contributed by atoms with Gasteiger partial charge in [0.25, 0.3) is 0 Å². The number of urea groups is 2. The second-order valence-electron chi connectivity index (χ2n) is 21.8. The van der Waals surface area contributed by atoms with E-state index in [4.69, 9.17) is 10.5 Å². The number of nitrogens with one attached hydrogen (secondary N) is 4. The minimum atomic E-state index is -0.645. The third-order valence-corrected chi connectivity index (χ3v) is 14.0. The van der Waals surface area contributed by atoms with E-state index < -0.39 is 23.5 Å². The summed E-state index contributed by atoms with van der Waals surface area (Å²) >= 11 is 0. The van der Waals surface area contributed by atoms with Crippen molar-refractivity contribution < 1.29 is 37.9 Å². The van der Waals surface area contributed by atoms with Gasteiger partial charge in [-0.1, -0.05) is 73.5 Å². The molecule has 5 aliphatic heterocycles. The van der Waals surface area contributed by atoms with Crippen LogP contribution >= 0.6 is 0 Å². The summed E-state index contributed by atoms with van der Waals surface area (Å²) in [7, 11) is 0. The highest BCUT2D eigenvalue weighted by Crippen LogP contribution is 2.28. The highest BCUT2D eigenvalue weighted by molar-refractivity contribution is 6.06. The number of hydrogen-bond acceptors (Lipinski definition) is 11. The fraction of sp³-hybridized carbons (Fsp3) is 0.469. The van der Waals surface area contributed by atoms with Crippen LogP contribution in [0.15, 0.2) is 85.2 Å². The minimum Gasteiger partial charge on any atom is -0.444 e. The molecular weight excluding hydrogens is 1050 g/mol. The molecule has 19 heteroatoms. The molecule has 5 fully saturated rings. The number of benzene rings is 3. The largest absolute Gasteiger partial charge is 0.444 e. The lowest BCUT2D eigenvalue weighted by molar-refractivity contribution is -0.121. The summed E-state index contributed by atoms with van der Waals surface area (Å²) in [5, 5.41) is 10.7. The van der Waals surface area contributed by atoms with Crippen LogP contribution in [0.2, 0.25) is 0 Å². The summed E-state index contributed by atoms with van der Waals surface area (Å²) in [6, 6.07) is 18.4. The van der Waals surface area contributed by atoms with E-state index in [1.54, 1.807) is 33.8 Å². The van der Waals surface area contributed by atoms with Gasteiger partial charge in [0.1, 0.15) is 17.2 Å². The number of piperidine rings is 1. The molecule has 8 amide bonds. The Kier molecular flexibility index (Phi) is 25.1. The van der Waals surface area contributed by atoms with Gasteiger partial charge in [0.2, 0.25) is 17.7 Å². The normalized spacial score (nSPS) is 16.5. The van der Waals surface area contributed by atoms with Crippen LogP contribution in [0.25, 0.3) is 0 Å². The highest BCUT2D eigenvalue weighted by Gasteiger charge is 2.29. The van der Waals surface area contributed by atoms with Gasteiger partial charge in [-0.05, 0) is 120 Å². The van der Waals surface area contributed by atoms with Crippen LogP contribution in [0.4, 0.5) is 35.8 Å². The zero-order valence-corrected chi connectivity index (χ0v) is 48.9. The van der Waals surface area contributed by atoms with Gasteiger partial charge in [-0.3, -0.25) is 29.5 Å². The zero-order valence-electron chi connectivity index (χ0n) is 48.9. The third-order valence-electron chi connectivity index (χ3n) is 14.0. The van der Waals surface area contributed by atoms with Gasteiger partial charge >= 0.3 is 18.2 Å². The molecule has 5 saturated heterocycles. The number of hydrogen-bond donors (Lipinski definition) is 5. The number of aryl methyl sites for hydroxylation is 1. The molecule has 0 aliphatic carbocycles. The maximum absolute atomic E-state index is 14.5. The van der Waals surface area contributed by atoms with E-state index in [1.165, 1.54) is 30.2 Å². The molecule has 83 heavy (non-hydrogen) atoms. The van der Waals surface area contributed by atoms with E-state index in [2.05, 4.69) is 74.8 Å². The Bertz CT molecular complexity index is 2940. The van der Waals surface area contributed by atoms with Crippen molar-refractivity contribution in [3.63, 3.8) is 0 Å². The molecule has 442 valence electrons. The summed E-state index contributed by atoms with van der Waals surface area (Å²) in [6.07, 6.45) is 9.08. The summed E-state index contributed by atoms with van der Waals surface area (Å²) in [5.74, 6) is 18.2. The van der Waals surface area contributed by atoms with Crippen molar-refractivity contribution >= 4 is 52.9 Å². The van der Waals surface area contributed by atoms with E-state index in [1.807, 2.05) is 68.1 Å². The molecule has 8 rings (SSSR count). The molecule has 0 atom stereocenters. The van der Waals surface area contributed by atoms with Crippen LogP contribution < -0.4 is 41.7 Å². The lowest BCUT2D eigenvalue weighted by Crippen LogP contribution is -2.56. The van der Waals surface area contributed by atoms with Gasteiger partial charge in [-0.15, -0.1) is 0 Å². The molecule has 5 heterocycles. The number of rotatable bonds is 12. The standard InChI is InChI=1S/C25H33N5O2.C20H27N3O.C19H22FN3O4/c1-21-9-13-30(24(31)20-21)23-7-5-22(6-8-23)4-2-3-12-27-16-18-29(19-17-27)25(32)28-14-10-26-11-15-28;1-17-22-20(24)14-16-23(17)19-12-10-18(11-13-19)9-7-5-3-2-4-6-8-15-21;1-12-10-13(6-5-8-21-18(26)27-19(2,3)4)11-14(20)16(12)23-9-7-15(24)22-17(23)25/h5-8,26H,1,3,9-20H2;10-13H,1-6,8,14-16,21H2,(H,22,24);10-11H,7-9H2,1-4H3,(H,21,26)(H,22,24,25). The summed E-state index contributed by atoms with van der Waals surface area (Å²) < 4.78 is 19.6. The predicted octanol–water partition coefficient (Wildman–Crippen LogP) is 7.35. The van der Waals surface area contributed by atoms with Crippen LogP contribution in [0.5, 0.6) is 0 Å². The summed E-state index contributed by atoms with van der Waals surface area (Å²) in [5.41, 5.74) is 10.9. The van der Waals surface area contributed by atoms with Crippen LogP contribution in [0.3, 0.4) is 0 Å². The maximum Gasteiger partial charge on any atom is 0.408 e. The second-order valence-corrected chi connectivity index (χ2v) is 21.8. The van der Waals surface area contributed by atoms with Gasteiger partial charge in [0.05, 0.1) is 12.2 Å². The Balaban J connectivity index is 0.000000202. The molecule has 0 aromatic heterocycles. The quantitative estimate of drug-likeness (QED) is 0.0689. The molecule has 0 radical (unpaired) electrons. The van der Waals surface area contributed by atoms with Gasteiger partial charge in [0, 0.05) is 139 Å². The maximum atomic E-state index is 14.5. The first-order chi connectivity index (χ1) is 39.9. The van der Waals surface area contributed by atoms with Crippen molar-refractivity contribution in [1.82, 2.24) is 36.0 Å². The van der Waals surface area contributed by atoms with Crippen LogP contribution in [-0.4, -0.2) is 148 Å². The zero-order chi connectivity index (χ0) is 59.7. The lowest BCUT2D eigenvalue weighted by Gasteiger charge is -2.38. The van der Waals surface area contributed by atoms with Crippen molar-refractivity contribution in [3.05, 3.63) is 113 Å². The average Bonchev–Trinajstić information content (AvgIpc) is 3.63. The first-order valence-electron chi connectivity index (χ1n) is 28.8. The van der Waals surface area contributed by atoms with Crippen LogP contribution in [0, 0.1) is 48.3 Å². The van der Waals surface area contributed by atoms with Gasteiger partial charge in [-0.25, -0.2) is 18.8 Å². The Morgan fingerprint density at radius 1 is 0.675 bits per heavy atom. The topological polar surface area (TPSA) is 205 Å². The number of nitrogens with two attached hydrogens (primary N) is 1. The lowest BCUT2D eigenvalue weighted by atomic mass is 10.0. The van der Waals surface area contributed by atoms with E-state index >= 15 is 0 Å². The predicted molar refractivity (Wildman–Crippen MR) is 324 cm³/mol. The molecule has 0 spiro atoms. The molecule has 3 aromatic carbocycles. The van der Waals surface area contributed by atoms with E-state index in [0.717, 1.165) is 126 Å². The highest BCUT2D eigenvalue weighted by atomic mass is 19.1. The fourth-order valence-corrected chi connectivity index (χ4v) is 9.59. The molecule has 18 nitrogen and oxygen atoms in total. The summed E-state index contributed by atoms with van der Waals surface area (Å²) in [4.78, 5) is 82.2. The molecular formula is C64H82FN11O7. The number of imide groups is 1. The molecule has 6 N–H and O–H groups in total. The number of piperazine rings is 2. The van der Waals surface area contributed by atoms with Crippen molar-refractivity contribution in [2.24, 2.45) is 5.73 Å². The Hall–Kier alpha value is -8.15. The third kappa shape index (κ3) is 21.3. The van der Waals surface area contributed by atoms with E-state index in [0.29, 0.717) is 42.9 Å². The Morgan fingerprint density at radius 3 is 1.84 bits per heavy atom. The Morgan fingerprint density at radius 2 is 1.24 bits per heavy atom. The van der Waals surface area contributed by atoms with Gasteiger partial charge < -0.3 is 46.0 Å². The van der Waals surface area contributed by atoms with Crippen LogP contribution in [0.1, 0.15) is 114 Å². The average molecular weight is 1140 g/mol. The van der Waals surface area contributed by atoms with E-state index in [9.17, 15) is 33.2 Å². The van der Waals surface area contributed by atoms with Crippen molar-refractivity contribution in [2.75, 3.05) is 106 Å². The van der Waals surface area contributed by atoms with Crippen molar-refractivity contribution in [2.45, 2.75) is 104 Å². The van der Waals surface area contributed by atoms with Gasteiger partial charge in [-0.2, -0.15) is 0 Å². The molecule has 3 aromatic rings. The fourth-order valence-electron chi connectivity index (χ4n) is 9.59. The second kappa shape index (κ2) is 32.5. The van der Waals surface area contributed by atoms with Gasteiger partial charge in [0.15, 0.2) is 0 Å². The number of nitrogens with zero attached hydrogens (tertiary/aromatic N) is 6. The number of halogens is 1. The Labute approximate surface area is 489 Å². The van der Waals surface area contributed by atoms with Crippen molar-refractivity contribution in [3.8, 4) is 35.5 Å². The molecule has 5 aliphatic rings. The smallest absolute Gasteiger partial charge is 0.408 e.